The first-order chi connectivity index (χ1) is 45.3. The Labute approximate surface area is 563 Å². The molecule has 0 aliphatic rings. The summed E-state index contributed by atoms with van der Waals surface area (Å²) in [5, 5.41) is 38.0. The Balaban J connectivity index is 1.72. The number of hydrogen-bond donors (Lipinski definition) is 4. The summed E-state index contributed by atoms with van der Waals surface area (Å²) in [4.78, 5) is 6.67. The van der Waals surface area contributed by atoms with Crippen molar-refractivity contribution in [2.75, 3.05) is 227 Å². The molecule has 11 atom stereocenters. The number of anilines is 3. The number of hydrogen-bond acceptors (Lipinski definition) is 23. The molecule has 0 bridgehead atoms. The highest BCUT2D eigenvalue weighted by molar-refractivity contribution is 5.56. The maximum atomic E-state index is 9.55. The third kappa shape index (κ3) is 41.5. The van der Waals surface area contributed by atoms with Gasteiger partial charge in [-0.3, -0.25) is 0 Å². The number of ether oxygens (including phenoxy) is 16. The monoisotopic (exact) mass is 1340 g/mol. The molecule has 11 unspecified atom stereocenters. The van der Waals surface area contributed by atoms with Gasteiger partial charge in [0.15, 0.2) is 0 Å². The van der Waals surface area contributed by atoms with Crippen molar-refractivity contribution in [3.8, 4) is 0 Å². The lowest BCUT2D eigenvalue weighted by molar-refractivity contribution is -0.0855. The highest BCUT2D eigenvalue weighted by Gasteiger charge is 2.21. The standard InChI is InChI=1S/C71H123N3O20/c1-55(75)47-90-59(5)51-87-43-40-83-36-33-79-29-25-73(27-31-81-35-38-85-45-46-89-63(9)64(10)94-50-58(4)78)69-21-15-66(16-22-69)71(65-13-19-68(20-14-65)72(11)12)67-17-23-70(24-18-67)74(26-30-80-34-37-84-41-44-88-52-60(6)91-48-56(2)76)28-32-82-39-42-86-53-61(7)93-54-62(8)92-49-57(3)77/h13-24,55-64,71,75-78H,25-54H2,1-12H3. The van der Waals surface area contributed by atoms with E-state index in [9.17, 15) is 20.4 Å². The van der Waals surface area contributed by atoms with Crippen molar-refractivity contribution in [2.45, 2.75) is 136 Å². The zero-order valence-corrected chi connectivity index (χ0v) is 59.2. The number of nitrogens with zero attached hydrogens (tertiary/aromatic N) is 3. The van der Waals surface area contributed by atoms with Gasteiger partial charge in [-0.05, 0) is 122 Å². The average molecular weight is 1340 g/mol. The van der Waals surface area contributed by atoms with Gasteiger partial charge in [0, 0.05) is 63.3 Å². The molecule has 94 heavy (non-hydrogen) atoms. The molecule has 0 spiro atoms. The minimum absolute atomic E-state index is 0.0747. The molecule has 0 aliphatic heterocycles. The molecule has 0 saturated heterocycles. The van der Waals surface area contributed by atoms with Gasteiger partial charge in [-0.15, -0.1) is 0 Å². The normalized spacial score (nSPS) is 15.4. The van der Waals surface area contributed by atoms with E-state index in [-0.39, 0.29) is 69.0 Å². The molecule has 0 heterocycles. The predicted octanol–water partition coefficient (Wildman–Crippen LogP) is 6.67. The summed E-state index contributed by atoms with van der Waals surface area (Å²) in [7, 11) is 4.10. The van der Waals surface area contributed by atoms with E-state index < -0.39 is 24.4 Å². The molecule has 23 heteroatoms. The van der Waals surface area contributed by atoms with Crippen LogP contribution in [-0.4, -0.2) is 294 Å². The van der Waals surface area contributed by atoms with Gasteiger partial charge >= 0.3 is 0 Å². The lowest BCUT2D eigenvalue weighted by Gasteiger charge is -2.27. The summed E-state index contributed by atoms with van der Waals surface area (Å²) < 4.78 is 93.2. The maximum Gasteiger partial charge on any atom is 0.0807 e. The lowest BCUT2D eigenvalue weighted by atomic mass is 9.85. The van der Waals surface area contributed by atoms with Gasteiger partial charge < -0.3 is 111 Å². The first-order valence-electron chi connectivity index (χ1n) is 34.0. The fourth-order valence-corrected chi connectivity index (χ4v) is 9.16. The summed E-state index contributed by atoms with van der Waals surface area (Å²) in [6.45, 7) is 31.6. The van der Waals surface area contributed by atoms with E-state index in [0.717, 1.165) is 33.8 Å². The van der Waals surface area contributed by atoms with Gasteiger partial charge in [-0.1, -0.05) is 36.4 Å². The van der Waals surface area contributed by atoms with Gasteiger partial charge in [0.25, 0.3) is 0 Å². The molecular weight excluding hydrogens is 1210 g/mol. The van der Waals surface area contributed by atoms with Crippen LogP contribution in [0.2, 0.25) is 0 Å². The molecule has 0 radical (unpaired) electrons. The molecule has 3 aromatic carbocycles. The fourth-order valence-electron chi connectivity index (χ4n) is 9.16. The van der Waals surface area contributed by atoms with E-state index in [1.165, 1.54) is 0 Å². The zero-order valence-electron chi connectivity index (χ0n) is 59.2. The minimum atomic E-state index is -0.528. The van der Waals surface area contributed by atoms with Crippen molar-refractivity contribution >= 4 is 17.1 Å². The lowest BCUT2D eigenvalue weighted by Crippen LogP contribution is -2.32. The Bertz CT molecular complexity index is 2200. The third-order valence-electron chi connectivity index (χ3n) is 14.6. The molecule has 542 valence electrons. The number of benzene rings is 3. The van der Waals surface area contributed by atoms with Gasteiger partial charge in [0.2, 0.25) is 0 Å². The van der Waals surface area contributed by atoms with Crippen LogP contribution in [0.1, 0.15) is 91.8 Å². The van der Waals surface area contributed by atoms with Crippen molar-refractivity contribution < 1.29 is 96.2 Å². The van der Waals surface area contributed by atoms with Gasteiger partial charge in [-0.25, -0.2) is 0 Å². The quantitative estimate of drug-likeness (QED) is 0.0341. The summed E-state index contributed by atoms with van der Waals surface area (Å²) in [6.07, 6.45) is -2.86. The Morgan fingerprint density at radius 3 is 0.819 bits per heavy atom. The zero-order chi connectivity index (χ0) is 68.6. The SMILES string of the molecule is CC(O)COC(C)COCCOCCOCCN(CCOCCOCCOC(C)C(C)OCC(C)O)c1ccc(C(c2ccc(N(C)C)cc2)c2ccc(N(CCOCCOCCOCC(C)OCC(C)O)CCOCCOCC(C)OCC(C)OCC(C)O)cc2)cc1. The summed E-state index contributed by atoms with van der Waals surface area (Å²) >= 11 is 0. The predicted molar refractivity (Wildman–Crippen MR) is 366 cm³/mol. The molecule has 0 saturated carbocycles. The van der Waals surface area contributed by atoms with E-state index in [1.54, 1.807) is 27.7 Å². The van der Waals surface area contributed by atoms with Crippen LogP contribution < -0.4 is 14.7 Å². The molecule has 23 nitrogen and oxygen atoms in total. The van der Waals surface area contributed by atoms with Crippen LogP contribution in [0.3, 0.4) is 0 Å². The van der Waals surface area contributed by atoms with E-state index >= 15 is 0 Å². The topological polar surface area (TPSA) is 238 Å². The molecule has 0 fully saturated rings. The maximum absolute atomic E-state index is 9.55. The Morgan fingerprint density at radius 2 is 0.511 bits per heavy atom. The number of rotatable bonds is 62. The molecule has 0 aromatic heterocycles. The first kappa shape index (κ1) is 84.5. The van der Waals surface area contributed by atoms with Crippen LogP contribution in [0.5, 0.6) is 0 Å². The molecule has 4 N–H and O–H groups in total. The van der Waals surface area contributed by atoms with Crippen molar-refractivity contribution in [1.29, 1.82) is 0 Å². The van der Waals surface area contributed by atoms with Crippen LogP contribution in [0, 0.1) is 0 Å². The van der Waals surface area contributed by atoms with Crippen LogP contribution in [0.25, 0.3) is 0 Å². The second kappa shape index (κ2) is 53.3. The molecular formula is C71H123N3O20. The second-order valence-electron chi connectivity index (χ2n) is 24.2. The van der Waals surface area contributed by atoms with E-state index in [2.05, 4.69) is 87.5 Å². The van der Waals surface area contributed by atoms with E-state index in [0.29, 0.717) is 172 Å². The molecule has 0 amide bonds. The van der Waals surface area contributed by atoms with Crippen LogP contribution in [0.15, 0.2) is 72.8 Å². The highest BCUT2D eigenvalue weighted by Crippen LogP contribution is 2.35. The Kier molecular flexibility index (Phi) is 47.9. The van der Waals surface area contributed by atoms with Crippen LogP contribution >= 0.6 is 0 Å². The first-order valence-corrected chi connectivity index (χ1v) is 34.0. The fraction of sp³-hybridized carbons (Fsp3) is 0.746. The molecule has 3 rings (SSSR count). The number of aliphatic hydroxyl groups excluding tert-OH is 4. The average Bonchev–Trinajstić information content (AvgIpc) is 0.872. The van der Waals surface area contributed by atoms with Gasteiger partial charge in [0.1, 0.15) is 0 Å². The van der Waals surface area contributed by atoms with Gasteiger partial charge in [-0.2, -0.15) is 0 Å². The van der Waals surface area contributed by atoms with Crippen molar-refractivity contribution in [2.24, 2.45) is 0 Å². The van der Waals surface area contributed by atoms with Crippen LogP contribution in [-0.2, 0) is 75.8 Å². The largest absolute Gasteiger partial charge is 0.391 e. The smallest absolute Gasteiger partial charge is 0.0807 e. The summed E-state index contributed by atoms with van der Waals surface area (Å²) in [5.41, 5.74) is 6.65. The van der Waals surface area contributed by atoms with Crippen molar-refractivity contribution in [3.63, 3.8) is 0 Å². The van der Waals surface area contributed by atoms with Crippen molar-refractivity contribution in [3.05, 3.63) is 89.5 Å². The van der Waals surface area contributed by atoms with E-state index in [1.807, 2.05) is 55.6 Å². The number of aliphatic hydroxyl groups is 4. The van der Waals surface area contributed by atoms with E-state index in [4.69, 9.17) is 75.8 Å². The molecule has 0 aliphatic carbocycles. The summed E-state index contributed by atoms with van der Waals surface area (Å²) in [6, 6.07) is 26.4. The molecule has 3 aromatic rings. The van der Waals surface area contributed by atoms with Gasteiger partial charge in [0.05, 0.1) is 233 Å². The van der Waals surface area contributed by atoms with Crippen LogP contribution in [0.4, 0.5) is 17.1 Å². The highest BCUT2D eigenvalue weighted by atomic mass is 16.6. The second-order valence-corrected chi connectivity index (χ2v) is 24.2. The Morgan fingerprint density at radius 1 is 0.266 bits per heavy atom. The minimum Gasteiger partial charge on any atom is -0.391 e. The summed E-state index contributed by atoms with van der Waals surface area (Å²) in [5.74, 6) is -0.0747. The van der Waals surface area contributed by atoms with Crippen molar-refractivity contribution in [1.82, 2.24) is 0 Å². The third-order valence-corrected chi connectivity index (χ3v) is 14.6. The Hall–Kier alpha value is -3.74.